The lowest BCUT2D eigenvalue weighted by Crippen LogP contribution is -2.22. The summed E-state index contributed by atoms with van der Waals surface area (Å²) in [6.07, 6.45) is 0.893. The maximum absolute atomic E-state index is 12.7. The lowest BCUT2D eigenvalue weighted by atomic mass is 10.1. The highest BCUT2D eigenvalue weighted by Gasteiger charge is 2.18. The molecule has 0 radical (unpaired) electrons. The Kier molecular flexibility index (Phi) is 6.63. The number of nitrogens with one attached hydrogen (secondary N) is 1. The van der Waals surface area contributed by atoms with E-state index in [1.54, 1.807) is 31.4 Å². The average Bonchev–Trinajstić information content (AvgIpc) is 3.25. The highest BCUT2D eigenvalue weighted by Crippen LogP contribution is 2.30. The topological polar surface area (TPSA) is 93.5 Å². The Bertz CT molecular complexity index is 1340. The second-order valence-electron chi connectivity index (χ2n) is 8.18. The summed E-state index contributed by atoms with van der Waals surface area (Å²) in [5.74, 6) is 0.341. The molecule has 2 N–H and O–H groups in total. The lowest BCUT2D eigenvalue weighted by molar-refractivity contribution is 0.0696. The van der Waals surface area contributed by atoms with Crippen LogP contribution in [0.25, 0.3) is 22.4 Å². The van der Waals surface area contributed by atoms with E-state index in [4.69, 9.17) is 9.72 Å². The molecule has 4 aromatic rings. The highest BCUT2D eigenvalue weighted by molar-refractivity contribution is 5.95. The summed E-state index contributed by atoms with van der Waals surface area (Å²) in [6.45, 7) is 4.60. The number of imidazole rings is 1. The van der Waals surface area contributed by atoms with E-state index in [1.807, 2.05) is 42.5 Å². The number of carbonyl (C=O) groups is 2. The van der Waals surface area contributed by atoms with Crippen molar-refractivity contribution in [2.75, 3.05) is 7.11 Å². The van der Waals surface area contributed by atoms with Gasteiger partial charge in [-0.1, -0.05) is 31.2 Å². The van der Waals surface area contributed by atoms with Crippen molar-refractivity contribution in [3.8, 4) is 17.1 Å². The van der Waals surface area contributed by atoms with Crippen LogP contribution in [0.2, 0.25) is 0 Å². The first-order valence-corrected chi connectivity index (χ1v) is 11.2. The van der Waals surface area contributed by atoms with Gasteiger partial charge >= 0.3 is 5.97 Å². The molecule has 1 heterocycles. The number of hydrogen-bond donors (Lipinski definition) is 2. The van der Waals surface area contributed by atoms with Crippen LogP contribution in [0.1, 0.15) is 52.6 Å². The fourth-order valence-corrected chi connectivity index (χ4v) is 3.90. The molecule has 3 aromatic carbocycles. The molecule has 174 valence electrons. The molecule has 0 fully saturated rings. The van der Waals surface area contributed by atoms with Crippen molar-refractivity contribution >= 4 is 22.9 Å². The molecule has 0 aliphatic rings. The third-order valence-electron chi connectivity index (χ3n) is 5.96. The number of ether oxygens (including phenoxy) is 1. The van der Waals surface area contributed by atoms with E-state index in [-0.39, 0.29) is 17.5 Å². The number of fused-ring (bicyclic) bond motifs is 1. The minimum absolute atomic E-state index is 0.168. The second-order valence-corrected chi connectivity index (χ2v) is 8.18. The van der Waals surface area contributed by atoms with Crippen LogP contribution >= 0.6 is 0 Å². The molecule has 4 rings (SSSR count). The summed E-state index contributed by atoms with van der Waals surface area (Å²) in [6, 6.07) is 20.0. The van der Waals surface area contributed by atoms with E-state index in [2.05, 4.69) is 23.7 Å². The van der Waals surface area contributed by atoms with Crippen LogP contribution in [0.4, 0.5) is 0 Å². The lowest BCUT2D eigenvalue weighted by Gasteiger charge is -2.16. The number of methoxy groups -OCH3 is 1. The summed E-state index contributed by atoms with van der Waals surface area (Å²) in [5.41, 5.74) is 4.08. The Morgan fingerprint density at radius 3 is 2.47 bits per heavy atom. The van der Waals surface area contributed by atoms with Crippen molar-refractivity contribution in [1.82, 2.24) is 14.9 Å². The fourth-order valence-electron chi connectivity index (χ4n) is 3.90. The first-order chi connectivity index (χ1) is 16.4. The Hall–Kier alpha value is -4.13. The number of carbonyl (C=O) groups excluding carboxylic acids is 1. The minimum Gasteiger partial charge on any atom is -0.497 e. The number of aromatic carboxylic acids is 1. The van der Waals surface area contributed by atoms with E-state index >= 15 is 0 Å². The first-order valence-electron chi connectivity index (χ1n) is 11.2. The molecule has 0 aliphatic carbocycles. The molecule has 7 heteroatoms. The van der Waals surface area contributed by atoms with Gasteiger partial charge in [0.25, 0.3) is 5.91 Å². The number of aromatic nitrogens is 2. The van der Waals surface area contributed by atoms with E-state index in [0.717, 1.165) is 34.6 Å². The Balaban J connectivity index is 1.59. The van der Waals surface area contributed by atoms with Gasteiger partial charge in [-0.05, 0) is 61.4 Å². The minimum atomic E-state index is -0.981. The maximum Gasteiger partial charge on any atom is 0.335 e. The van der Waals surface area contributed by atoms with Gasteiger partial charge in [0, 0.05) is 23.7 Å². The van der Waals surface area contributed by atoms with E-state index in [1.165, 1.54) is 0 Å². The molecule has 0 bridgehead atoms. The monoisotopic (exact) mass is 457 g/mol. The van der Waals surface area contributed by atoms with Gasteiger partial charge in [-0.3, -0.25) is 4.79 Å². The van der Waals surface area contributed by atoms with Gasteiger partial charge in [0.05, 0.1) is 23.7 Å². The first kappa shape index (κ1) is 23.0. The summed E-state index contributed by atoms with van der Waals surface area (Å²) in [5, 5.41) is 12.3. The van der Waals surface area contributed by atoms with Gasteiger partial charge in [0.15, 0.2) is 0 Å². The zero-order chi connectivity index (χ0) is 24.2. The number of amides is 1. The van der Waals surface area contributed by atoms with E-state index in [0.29, 0.717) is 17.6 Å². The molecule has 0 aliphatic heterocycles. The van der Waals surface area contributed by atoms with Crippen molar-refractivity contribution in [1.29, 1.82) is 0 Å². The highest BCUT2D eigenvalue weighted by atomic mass is 16.5. The number of hydrogen-bond acceptors (Lipinski definition) is 4. The quantitative estimate of drug-likeness (QED) is 0.374. The maximum atomic E-state index is 12.7. The number of rotatable bonds is 8. The molecule has 1 aromatic heterocycles. The van der Waals surface area contributed by atoms with Crippen LogP contribution in [-0.4, -0.2) is 33.6 Å². The predicted molar refractivity (Wildman–Crippen MR) is 131 cm³/mol. The van der Waals surface area contributed by atoms with E-state index in [9.17, 15) is 14.7 Å². The zero-order valence-electron chi connectivity index (χ0n) is 19.4. The van der Waals surface area contributed by atoms with Gasteiger partial charge in [0.1, 0.15) is 11.6 Å². The third-order valence-corrected chi connectivity index (χ3v) is 5.96. The van der Waals surface area contributed by atoms with Crippen LogP contribution in [0.5, 0.6) is 5.75 Å². The van der Waals surface area contributed by atoms with Crippen molar-refractivity contribution in [3.05, 3.63) is 83.4 Å². The largest absolute Gasteiger partial charge is 0.497 e. The number of benzene rings is 3. The Morgan fingerprint density at radius 2 is 1.79 bits per heavy atom. The smallest absolute Gasteiger partial charge is 0.335 e. The Labute approximate surface area is 198 Å². The molecule has 7 nitrogen and oxygen atoms in total. The Morgan fingerprint density at radius 1 is 1.06 bits per heavy atom. The summed E-state index contributed by atoms with van der Waals surface area (Å²) >= 11 is 0. The molecule has 1 amide bonds. The number of carboxylic acids is 1. The molecular weight excluding hydrogens is 430 g/mol. The molecule has 0 saturated heterocycles. The predicted octanol–water partition coefficient (Wildman–Crippen LogP) is 5.31. The molecule has 34 heavy (non-hydrogen) atoms. The SMILES string of the molecule is CCC(C)n1c(-c2ccc(C(=O)NCc3cccc(OC)c3)cc2)nc2cc(C(=O)O)ccc21. The zero-order valence-corrected chi connectivity index (χ0v) is 19.4. The van der Waals surface area contributed by atoms with Crippen LogP contribution in [0.15, 0.2) is 66.7 Å². The molecular formula is C27H27N3O4. The summed E-state index contributed by atoms with van der Waals surface area (Å²) in [7, 11) is 1.61. The molecule has 0 spiro atoms. The van der Waals surface area contributed by atoms with Gasteiger partial charge in [-0.2, -0.15) is 0 Å². The third kappa shape index (κ3) is 4.64. The van der Waals surface area contributed by atoms with Gasteiger partial charge in [-0.15, -0.1) is 0 Å². The standard InChI is InChI=1S/C27H27N3O4/c1-4-17(2)30-24-13-12-21(27(32)33)15-23(24)29-25(30)19-8-10-20(11-9-19)26(31)28-16-18-6-5-7-22(14-18)34-3/h5-15,17H,4,16H2,1-3H3,(H,28,31)(H,32,33). The molecule has 0 saturated carbocycles. The molecule has 1 atom stereocenters. The average molecular weight is 458 g/mol. The van der Waals surface area contributed by atoms with Crippen molar-refractivity contribution < 1.29 is 19.4 Å². The summed E-state index contributed by atoms with van der Waals surface area (Å²) < 4.78 is 7.35. The van der Waals surface area contributed by atoms with Crippen LogP contribution in [0.3, 0.4) is 0 Å². The normalized spacial score (nSPS) is 11.9. The second kappa shape index (κ2) is 9.79. The molecule has 1 unspecified atom stereocenters. The number of carboxylic acid groups (broad SMARTS) is 1. The summed E-state index contributed by atoms with van der Waals surface area (Å²) in [4.78, 5) is 28.8. The fraction of sp³-hybridized carbons (Fsp3) is 0.222. The van der Waals surface area contributed by atoms with Gasteiger partial charge in [0.2, 0.25) is 0 Å². The van der Waals surface area contributed by atoms with E-state index < -0.39 is 5.97 Å². The number of nitrogens with zero attached hydrogens (tertiary/aromatic N) is 2. The van der Waals surface area contributed by atoms with Crippen molar-refractivity contribution in [3.63, 3.8) is 0 Å². The van der Waals surface area contributed by atoms with Crippen LogP contribution in [0, 0.1) is 0 Å². The van der Waals surface area contributed by atoms with Crippen LogP contribution < -0.4 is 10.1 Å². The van der Waals surface area contributed by atoms with Crippen molar-refractivity contribution in [2.45, 2.75) is 32.9 Å². The van der Waals surface area contributed by atoms with Gasteiger partial charge in [-0.25, -0.2) is 9.78 Å². The van der Waals surface area contributed by atoms with Crippen LogP contribution in [-0.2, 0) is 6.54 Å². The van der Waals surface area contributed by atoms with Crippen molar-refractivity contribution in [2.24, 2.45) is 0 Å². The van der Waals surface area contributed by atoms with Gasteiger partial charge < -0.3 is 19.7 Å².